The average molecular weight is 711 g/mol. The second kappa shape index (κ2) is 14.9. The highest BCUT2D eigenvalue weighted by Gasteiger charge is 2.42. The standard InChI is InChI=1S/C35H40F6N4O5/c1-20(35(39,40)41)16-25(12-13-34(36,37)38)30-21(2)45(33(47)50-30)19-28-27(18-42-32(43-28)44-14-5-15-44)26-17-24(10-11-29(26)48-3)22-6-8-23(9-7-22)31(46)49-4/h10-12,16-18,21-23,30H,5-9,13-15,19H2,1-4H3/b20-16+,25-12+/t21-,22?,23?,30-/m0/s1. The SMILES string of the molecule is COC(=O)C1CCC(c2ccc(OC)c(-c3cnc(N4CCC4)nc3CN3C(=O)O[C@H](C(=C/CC(F)(F)F)/C=C(\C)C(F)(F)F)[C@@H]3C)c2)CC1. The van der Waals surface area contributed by atoms with Crippen LogP contribution in [-0.2, 0) is 20.8 Å². The third kappa shape index (κ3) is 8.35. The Balaban J connectivity index is 1.49. The molecule has 9 nitrogen and oxygen atoms in total. The molecular weight excluding hydrogens is 670 g/mol. The second-order valence-electron chi connectivity index (χ2n) is 12.9. The second-order valence-corrected chi connectivity index (χ2v) is 12.9. The van der Waals surface area contributed by atoms with Gasteiger partial charge < -0.3 is 19.1 Å². The molecule has 3 aliphatic rings. The summed E-state index contributed by atoms with van der Waals surface area (Å²) >= 11 is 0. The van der Waals surface area contributed by atoms with Gasteiger partial charge in [0.2, 0.25) is 5.95 Å². The molecule has 1 amide bonds. The summed E-state index contributed by atoms with van der Waals surface area (Å²) < 4.78 is 96.0. The van der Waals surface area contributed by atoms with Crippen LogP contribution in [-0.4, -0.2) is 78.7 Å². The first-order valence-electron chi connectivity index (χ1n) is 16.5. The Hall–Kier alpha value is -4.30. The fourth-order valence-corrected chi connectivity index (χ4v) is 6.58. The van der Waals surface area contributed by atoms with Crippen LogP contribution in [0, 0.1) is 5.92 Å². The van der Waals surface area contributed by atoms with Crippen LogP contribution in [0.3, 0.4) is 0 Å². The van der Waals surface area contributed by atoms with Gasteiger partial charge in [0, 0.05) is 36.0 Å². The van der Waals surface area contributed by atoms with Crippen LogP contribution in [0.1, 0.15) is 69.5 Å². The molecule has 272 valence electrons. The lowest BCUT2D eigenvalue weighted by Gasteiger charge is -2.31. The fourth-order valence-electron chi connectivity index (χ4n) is 6.58. The van der Waals surface area contributed by atoms with E-state index >= 15 is 0 Å². The molecule has 1 aromatic carbocycles. The van der Waals surface area contributed by atoms with Crippen LogP contribution < -0.4 is 9.64 Å². The van der Waals surface area contributed by atoms with Gasteiger partial charge in [-0.3, -0.25) is 9.69 Å². The number of alkyl halides is 6. The number of cyclic esters (lactones) is 1. The number of nitrogens with zero attached hydrogens (tertiary/aromatic N) is 4. The number of anilines is 1. The highest BCUT2D eigenvalue weighted by molar-refractivity contribution is 5.76. The molecule has 2 saturated heterocycles. The molecule has 1 aliphatic carbocycles. The van der Waals surface area contributed by atoms with E-state index in [1.165, 1.54) is 26.0 Å². The minimum absolute atomic E-state index is 0.147. The van der Waals surface area contributed by atoms with E-state index in [0.29, 0.717) is 53.5 Å². The quantitative estimate of drug-likeness (QED) is 0.140. The van der Waals surface area contributed by atoms with Crippen molar-refractivity contribution in [1.29, 1.82) is 0 Å². The zero-order chi connectivity index (χ0) is 36.4. The summed E-state index contributed by atoms with van der Waals surface area (Å²) in [6.45, 7) is 3.55. The van der Waals surface area contributed by atoms with Gasteiger partial charge in [-0.05, 0) is 81.2 Å². The highest BCUT2D eigenvalue weighted by atomic mass is 19.4. The third-order valence-corrected chi connectivity index (χ3v) is 9.68. The minimum atomic E-state index is -4.79. The summed E-state index contributed by atoms with van der Waals surface area (Å²) in [5.74, 6) is 0.742. The van der Waals surface area contributed by atoms with Crippen molar-refractivity contribution in [2.45, 2.75) is 89.3 Å². The van der Waals surface area contributed by atoms with Crippen molar-refractivity contribution in [3.63, 3.8) is 0 Å². The molecule has 0 bridgehead atoms. The number of allylic oxidation sites excluding steroid dienone is 2. The first kappa shape index (κ1) is 37.0. The van der Waals surface area contributed by atoms with Gasteiger partial charge in [0.1, 0.15) is 11.9 Å². The molecule has 5 rings (SSSR count). The molecule has 50 heavy (non-hydrogen) atoms. The summed E-state index contributed by atoms with van der Waals surface area (Å²) in [7, 11) is 2.90. The predicted octanol–water partition coefficient (Wildman–Crippen LogP) is 7.91. The normalized spacial score (nSPS) is 23.4. The number of carbonyl (C=O) groups excluding carboxylic acids is 2. The maximum absolute atomic E-state index is 13.4. The lowest BCUT2D eigenvalue weighted by atomic mass is 9.78. The number of carbonyl (C=O) groups is 2. The van der Waals surface area contributed by atoms with Crippen LogP contribution in [0.4, 0.5) is 37.1 Å². The number of hydrogen-bond acceptors (Lipinski definition) is 8. The van der Waals surface area contributed by atoms with Crippen molar-refractivity contribution in [2.75, 3.05) is 32.2 Å². The van der Waals surface area contributed by atoms with Gasteiger partial charge in [0.15, 0.2) is 0 Å². The monoisotopic (exact) mass is 710 g/mol. The van der Waals surface area contributed by atoms with Gasteiger partial charge in [-0.1, -0.05) is 12.1 Å². The zero-order valence-electron chi connectivity index (χ0n) is 28.2. The fraction of sp³-hybridized carbons (Fsp3) is 0.543. The number of benzene rings is 1. The van der Waals surface area contributed by atoms with E-state index in [2.05, 4.69) is 4.98 Å². The van der Waals surface area contributed by atoms with Gasteiger partial charge in [-0.15, -0.1) is 0 Å². The zero-order valence-corrected chi connectivity index (χ0v) is 28.2. The topological polar surface area (TPSA) is 94.1 Å². The smallest absolute Gasteiger partial charge is 0.412 e. The van der Waals surface area contributed by atoms with E-state index in [1.54, 1.807) is 6.20 Å². The maximum Gasteiger partial charge on any atom is 0.412 e. The lowest BCUT2D eigenvalue weighted by molar-refractivity contribution is -0.146. The number of ether oxygens (including phenoxy) is 3. The lowest BCUT2D eigenvalue weighted by Crippen LogP contribution is -2.39. The number of hydrogen-bond donors (Lipinski definition) is 0. The molecule has 0 N–H and O–H groups in total. The van der Waals surface area contributed by atoms with Gasteiger partial charge in [0.25, 0.3) is 0 Å². The van der Waals surface area contributed by atoms with Crippen molar-refractivity contribution >= 4 is 18.0 Å². The molecule has 2 aliphatic heterocycles. The van der Waals surface area contributed by atoms with Crippen molar-refractivity contribution in [3.05, 3.63) is 59.0 Å². The summed E-state index contributed by atoms with van der Waals surface area (Å²) in [5.41, 5.74) is 1.08. The molecule has 2 aromatic rings. The molecule has 0 spiro atoms. The number of methoxy groups -OCH3 is 2. The first-order valence-corrected chi connectivity index (χ1v) is 16.5. The summed E-state index contributed by atoms with van der Waals surface area (Å²) in [6.07, 6.45) is -6.57. The highest BCUT2D eigenvalue weighted by Crippen LogP contribution is 2.41. The summed E-state index contributed by atoms with van der Waals surface area (Å²) in [5, 5.41) is 0. The Kier molecular flexibility index (Phi) is 11.0. The molecule has 1 saturated carbocycles. The molecule has 0 unspecified atom stereocenters. The number of rotatable bonds is 10. The van der Waals surface area contributed by atoms with Crippen molar-refractivity contribution in [2.24, 2.45) is 5.92 Å². The molecule has 0 radical (unpaired) electrons. The largest absolute Gasteiger partial charge is 0.496 e. The van der Waals surface area contributed by atoms with Gasteiger partial charge in [-0.2, -0.15) is 26.3 Å². The average Bonchev–Trinajstić information content (AvgIpc) is 3.32. The summed E-state index contributed by atoms with van der Waals surface area (Å²) in [4.78, 5) is 38.0. The van der Waals surface area contributed by atoms with Gasteiger partial charge >= 0.3 is 24.4 Å². The number of halogens is 6. The van der Waals surface area contributed by atoms with Crippen LogP contribution in [0.2, 0.25) is 0 Å². The first-order chi connectivity index (χ1) is 23.6. The van der Waals surface area contributed by atoms with E-state index in [9.17, 15) is 35.9 Å². The van der Waals surface area contributed by atoms with Gasteiger partial charge in [0.05, 0.1) is 44.8 Å². The van der Waals surface area contributed by atoms with Crippen LogP contribution in [0.15, 0.2) is 47.7 Å². The molecular formula is C35H40F6N4O5. The minimum Gasteiger partial charge on any atom is -0.496 e. The molecule has 3 heterocycles. The number of esters is 1. The Labute approximate surface area is 286 Å². The maximum atomic E-state index is 13.4. The summed E-state index contributed by atoms with van der Waals surface area (Å²) in [6, 6.07) is 4.83. The molecule has 2 atom stereocenters. The third-order valence-electron chi connectivity index (χ3n) is 9.68. The Morgan fingerprint density at radius 2 is 1.76 bits per heavy atom. The molecule has 1 aromatic heterocycles. The van der Waals surface area contributed by atoms with E-state index in [-0.39, 0.29) is 24.3 Å². The molecule has 3 fully saturated rings. The molecule has 15 heteroatoms. The van der Waals surface area contributed by atoms with E-state index in [4.69, 9.17) is 19.2 Å². The number of amides is 1. The van der Waals surface area contributed by atoms with Crippen LogP contribution in [0.5, 0.6) is 5.75 Å². The van der Waals surface area contributed by atoms with E-state index < -0.39 is 48.2 Å². The van der Waals surface area contributed by atoms with Gasteiger partial charge in [-0.25, -0.2) is 14.8 Å². The Morgan fingerprint density at radius 1 is 1.06 bits per heavy atom. The Morgan fingerprint density at radius 3 is 2.34 bits per heavy atom. The van der Waals surface area contributed by atoms with E-state index in [1.807, 2.05) is 23.1 Å². The van der Waals surface area contributed by atoms with Crippen LogP contribution >= 0.6 is 0 Å². The Bertz CT molecular complexity index is 1630. The predicted molar refractivity (Wildman–Crippen MR) is 171 cm³/mol. The number of aromatic nitrogens is 2. The van der Waals surface area contributed by atoms with Crippen molar-refractivity contribution in [3.8, 4) is 16.9 Å². The van der Waals surface area contributed by atoms with E-state index in [0.717, 1.165) is 44.8 Å². The van der Waals surface area contributed by atoms with Crippen molar-refractivity contribution < 1.29 is 50.1 Å². The van der Waals surface area contributed by atoms with Crippen molar-refractivity contribution in [1.82, 2.24) is 14.9 Å². The van der Waals surface area contributed by atoms with Crippen LogP contribution in [0.25, 0.3) is 11.1 Å².